The number of aromatic nitrogens is 1. The van der Waals surface area contributed by atoms with E-state index in [1.807, 2.05) is 13.2 Å². The number of fused-ring (bicyclic) bond motifs is 1. The fourth-order valence-corrected chi connectivity index (χ4v) is 2.30. The van der Waals surface area contributed by atoms with Gasteiger partial charge < -0.3 is 9.67 Å². The van der Waals surface area contributed by atoms with Crippen molar-refractivity contribution in [3.63, 3.8) is 0 Å². The van der Waals surface area contributed by atoms with E-state index in [4.69, 9.17) is 5.11 Å². The summed E-state index contributed by atoms with van der Waals surface area (Å²) in [6.07, 6.45) is 2.77. The van der Waals surface area contributed by atoms with Gasteiger partial charge in [-0.15, -0.1) is 0 Å². The molecule has 2 nitrogen and oxygen atoms in total. The Kier molecular flexibility index (Phi) is 2.61. The van der Waals surface area contributed by atoms with Crippen molar-refractivity contribution in [2.45, 2.75) is 6.42 Å². The standard InChI is InChI=1S/C11H12BrNO/c1-13-7-10(12)9-6-8(4-5-14)2-3-11(9)13/h2-3,6-7,14H,4-5H2,1H3. The van der Waals surface area contributed by atoms with Gasteiger partial charge in [0.1, 0.15) is 0 Å². The van der Waals surface area contributed by atoms with Crippen molar-refractivity contribution in [1.82, 2.24) is 4.57 Å². The minimum Gasteiger partial charge on any atom is -0.396 e. The van der Waals surface area contributed by atoms with E-state index in [-0.39, 0.29) is 6.61 Å². The van der Waals surface area contributed by atoms with Gasteiger partial charge in [-0.3, -0.25) is 0 Å². The predicted molar refractivity (Wildman–Crippen MR) is 61.4 cm³/mol. The van der Waals surface area contributed by atoms with E-state index in [1.165, 1.54) is 16.5 Å². The lowest BCUT2D eigenvalue weighted by molar-refractivity contribution is 0.299. The van der Waals surface area contributed by atoms with E-state index in [0.29, 0.717) is 0 Å². The van der Waals surface area contributed by atoms with Crippen LogP contribution in [0.3, 0.4) is 0 Å². The number of halogens is 1. The molecule has 3 heteroatoms. The summed E-state index contributed by atoms with van der Waals surface area (Å²) in [4.78, 5) is 0. The van der Waals surface area contributed by atoms with Crippen molar-refractivity contribution in [3.8, 4) is 0 Å². The maximum absolute atomic E-state index is 8.85. The average Bonchev–Trinajstić information content (AvgIpc) is 2.43. The number of benzene rings is 1. The lowest BCUT2D eigenvalue weighted by Crippen LogP contribution is -1.90. The Morgan fingerprint density at radius 3 is 2.93 bits per heavy atom. The van der Waals surface area contributed by atoms with Crippen molar-refractivity contribution in [2.75, 3.05) is 6.61 Å². The van der Waals surface area contributed by atoms with Crippen LogP contribution >= 0.6 is 15.9 Å². The summed E-state index contributed by atoms with van der Waals surface area (Å²) in [6.45, 7) is 0.204. The van der Waals surface area contributed by atoms with Gasteiger partial charge in [-0.1, -0.05) is 6.07 Å². The van der Waals surface area contributed by atoms with Crippen molar-refractivity contribution in [2.24, 2.45) is 7.05 Å². The fraction of sp³-hybridized carbons (Fsp3) is 0.273. The smallest absolute Gasteiger partial charge is 0.0489 e. The van der Waals surface area contributed by atoms with E-state index in [0.717, 1.165) is 10.9 Å². The molecule has 74 valence electrons. The molecule has 0 atom stereocenters. The number of hydrogen-bond acceptors (Lipinski definition) is 1. The summed E-state index contributed by atoms with van der Waals surface area (Å²) < 4.78 is 3.19. The summed E-state index contributed by atoms with van der Waals surface area (Å²) in [7, 11) is 2.03. The molecular weight excluding hydrogens is 242 g/mol. The maximum Gasteiger partial charge on any atom is 0.0489 e. The maximum atomic E-state index is 8.85. The summed E-state index contributed by atoms with van der Waals surface area (Å²) in [5, 5.41) is 10.1. The third-order valence-corrected chi connectivity index (χ3v) is 3.04. The van der Waals surface area contributed by atoms with E-state index in [1.54, 1.807) is 0 Å². The molecule has 0 saturated heterocycles. The Labute approximate surface area is 91.3 Å². The van der Waals surface area contributed by atoms with Crippen LogP contribution in [0.1, 0.15) is 5.56 Å². The van der Waals surface area contributed by atoms with Gasteiger partial charge >= 0.3 is 0 Å². The number of aliphatic hydroxyl groups excluding tert-OH is 1. The van der Waals surface area contributed by atoms with Gasteiger partial charge in [0.2, 0.25) is 0 Å². The largest absolute Gasteiger partial charge is 0.396 e. The summed E-state index contributed by atoms with van der Waals surface area (Å²) in [5.74, 6) is 0. The SMILES string of the molecule is Cn1cc(Br)c2cc(CCO)ccc21. The van der Waals surface area contributed by atoms with Crippen LogP contribution in [0.5, 0.6) is 0 Å². The minimum absolute atomic E-state index is 0.204. The van der Waals surface area contributed by atoms with Crippen molar-refractivity contribution >= 4 is 26.8 Å². The van der Waals surface area contributed by atoms with Gasteiger partial charge in [0.25, 0.3) is 0 Å². The Hall–Kier alpha value is -0.800. The van der Waals surface area contributed by atoms with E-state index in [9.17, 15) is 0 Å². The molecule has 2 rings (SSSR count). The molecule has 0 aliphatic carbocycles. The zero-order chi connectivity index (χ0) is 10.1. The molecule has 0 saturated carbocycles. The number of hydrogen-bond donors (Lipinski definition) is 1. The van der Waals surface area contributed by atoms with Crippen LogP contribution < -0.4 is 0 Å². The zero-order valence-corrected chi connectivity index (χ0v) is 9.58. The van der Waals surface area contributed by atoms with Crippen LogP contribution in [0, 0.1) is 0 Å². The third kappa shape index (κ3) is 1.57. The quantitative estimate of drug-likeness (QED) is 0.875. The zero-order valence-electron chi connectivity index (χ0n) is 8.00. The molecule has 2 aromatic rings. The van der Waals surface area contributed by atoms with E-state index in [2.05, 4.69) is 38.7 Å². The van der Waals surface area contributed by atoms with Crippen LogP contribution in [0.15, 0.2) is 28.9 Å². The minimum atomic E-state index is 0.204. The van der Waals surface area contributed by atoms with Crippen LogP contribution in [-0.4, -0.2) is 16.3 Å². The first-order valence-corrected chi connectivity index (χ1v) is 5.36. The molecule has 1 aromatic heterocycles. The van der Waals surface area contributed by atoms with Crippen LogP contribution in [0.4, 0.5) is 0 Å². The number of nitrogens with zero attached hydrogens (tertiary/aromatic N) is 1. The highest BCUT2D eigenvalue weighted by Crippen LogP contribution is 2.26. The number of aliphatic hydroxyl groups is 1. The van der Waals surface area contributed by atoms with Gasteiger partial charge in [-0.05, 0) is 40.0 Å². The van der Waals surface area contributed by atoms with Crippen LogP contribution in [0.25, 0.3) is 10.9 Å². The second-order valence-electron chi connectivity index (χ2n) is 3.41. The summed E-state index contributed by atoms with van der Waals surface area (Å²) in [6, 6.07) is 6.27. The molecule has 0 spiro atoms. The number of aryl methyl sites for hydroxylation is 1. The highest BCUT2D eigenvalue weighted by atomic mass is 79.9. The lowest BCUT2D eigenvalue weighted by Gasteiger charge is -2.00. The van der Waals surface area contributed by atoms with E-state index >= 15 is 0 Å². The molecule has 0 bridgehead atoms. The first-order valence-electron chi connectivity index (χ1n) is 4.56. The molecule has 0 amide bonds. The molecule has 0 fully saturated rings. The molecule has 0 aliphatic heterocycles. The van der Waals surface area contributed by atoms with Crippen molar-refractivity contribution < 1.29 is 5.11 Å². The molecule has 14 heavy (non-hydrogen) atoms. The fourth-order valence-electron chi connectivity index (χ4n) is 1.68. The normalized spacial score (nSPS) is 11.1. The topological polar surface area (TPSA) is 25.2 Å². The predicted octanol–water partition coefficient (Wildman–Crippen LogP) is 2.48. The summed E-state index contributed by atoms with van der Waals surface area (Å²) in [5.41, 5.74) is 2.38. The molecule has 1 heterocycles. The van der Waals surface area contributed by atoms with Gasteiger partial charge in [0.15, 0.2) is 0 Å². The Balaban J connectivity index is 2.59. The molecule has 0 aliphatic rings. The average molecular weight is 254 g/mol. The second-order valence-corrected chi connectivity index (χ2v) is 4.27. The Morgan fingerprint density at radius 1 is 1.43 bits per heavy atom. The van der Waals surface area contributed by atoms with Gasteiger partial charge in [0.05, 0.1) is 0 Å². The first-order chi connectivity index (χ1) is 6.72. The van der Waals surface area contributed by atoms with Gasteiger partial charge in [-0.25, -0.2) is 0 Å². The van der Waals surface area contributed by atoms with Crippen LogP contribution in [0.2, 0.25) is 0 Å². The van der Waals surface area contributed by atoms with E-state index < -0.39 is 0 Å². The molecule has 0 radical (unpaired) electrons. The highest BCUT2D eigenvalue weighted by molar-refractivity contribution is 9.10. The second kappa shape index (κ2) is 3.75. The highest BCUT2D eigenvalue weighted by Gasteiger charge is 2.04. The lowest BCUT2D eigenvalue weighted by atomic mass is 10.1. The van der Waals surface area contributed by atoms with Crippen molar-refractivity contribution in [3.05, 3.63) is 34.4 Å². The summed E-state index contributed by atoms with van der Waals surface area (Å²) >= 11 is 3.52. The monoisotopic (exact) mass is 253 g/mol. The Morgan fingerprint density at radius 2 is 2.21 bits per heavy atom. The molecular formula is C11H12BrNO. The Bertz CT molecular complexity index is 462. The molecule has 1 N–H and O–H groups in total. The van der Waals surface area contributed by atoms with Crippen LogP contribution in [-0.2, 0) is 13.5 Å². The van der Waals surface area contributed by atoms with Crippen molar-refractivity contribution in [1.29, 1.82) is 0 Å². The molecule has 0 unspecified atom stereocenters. The molecule has 1 aromatic carbocycles. The third-order valence-electron chi connectivity index (χ3n) is 2.41. The number of rotatable bonds is 2. The van der Waals surface area contributed by atoms with Gasteiger partial charge in [0, 0.05) is 35.2 Å². The first kappa shape index (κ1) is 9.74. The van der Waals surface area contributed by atoms with Gasteiger partial charge in [-0.2, -0.15) is 0 Å².